The number of amides is 1. The van der Waals surface area contributed by atoms with Gasteiger partial charge in [-0.1, -0.05) is 26.2 Å². The van der Waals surface area contributed by atoms with Crippen LogP contribution in [0, 0.1) is 5.92 Å². The first-order chi connectivity index (χ1) is 9.78. The molecule has 4 heteroatoms. The molecule has 4 nitrogen and oxygen atoms in total. The van der Waals surface area contributed by atoms with Gasteiger partial charge >= 0.3 is 0 Å². The van der Waals surface area contributed by atoms with E-state index in [0.29, 0.717) is 12.5 Å². The van der Waals surface area contributed by atoms with Crippen LogP contribution in [0.3, 0.4) is 0 Å². The molecule has 1 aliphatic heterocycles. The fraction of sp³-hybridized carbons (Fsp3) is 0.938. The summed E-state index contributed by atoms with van der Waals surface area (Å²) in [5.74, 6) is 1.06. The van der Waals surface area contributed by atoms with E-state index in [1.165, 1.54) is 32.1 Å². The van der Waals surface area contributed by atoms with Gasteiger partial charge < -0.3 is 15.4 Å². The van der Waals surface area contributed by atoms with E-state index < -0.39 is 0 Å². The molecular weight excluding hydrogens is 252 g/mol. The fourth-order valence-corrected chi connectivity index (χ4v) is 3.33. The number of unbranched alkanes of at least 4 members (excludes halogenated alkanes) is 1. The SMILES string of the molecule is CCCCC1CCC(NC(=O)CC2CNCCO2)CC1. The number of morpholine rings is 1. The Morgan fingerprint density at radius 1 is 1.30 bits per heavy atom. The molecule has 1 atom stereocenters. The zero-order valence-corrected chi connectivity index (χ0v) is 12.8. The van der Waals surface area contributed by atoms with Crippen LogP contribution < -0.4 is 10.6 Å². The Bertz CT molecular complexity index is 282. The maximum atomic E-state index is 12.0. The molecule has 2 rings (SSSR count). The molecule has 1 aliphatic carbocycles. The van der Waals surface area contributed by atoms with Crippen molar-refractivity contribution in [2.75, 3.05) is 19.7 Å². The highest BCUT2D eigenvalue weighted by atomic mass is 16.5. The molecule has 116 valence electrons. The quantitative estimate of drug-likeness (QED) is 0.785. The summed E-state index contributed by atoms with van der Waals surface area (Å²) in [6.07, 6.45) is 9.47. The molecule has 1 amide bonds. The second-order valence-electron chi connectivity index (χ2n) is 6.33. The zero-order valence-electron chi connectivity index (χ0n) is 12.8. The van der Waals surface area contributed by atoms with E-state index in [0.717, 1.165) is 38.5 Å². The first-order valence-electron chi connectivity index (χ1n) is 8.39. The van der Waals surface area contributed by atoms with E-state index >= 15 is 0 Å². The van der Waals surface area contributed by atoms with Gasteiger partial charge in [-0.3, -0.25) is 4.79 Å². The summed E-state index contributed by atoms with van der Waals surface area (Å²) in [5, 5.41) is 6.46. The first-order valence-corrected chi connectivity index (χ1v) is 8.39. The second-order valence-corrected chi connectivity index (χ2v) is 6.33. The van der Waals surface area contributed by atoms with Gasteiger partial charge in [0.25, 0.3) is 0 Å². The molecule has 0 aromatic heterocycles. The molecular formula is C16H30N2O2. The van der Waals surface area contributed by atoms with E-state index in [4.69, 9.17) is 4.74 Å². The lowest BCUT2D eigenvalue weighted by molar-refractivity contribution is -0.125. The summed E-state index contributed by atoms with van der Waals surface area (Å²) in [6, 6.07) is 0.400. The zero-order chi connectivity index (χ0) is 14.2. The van der Waals surface area contributed by atoms with Crippen LogP contribution in [0.15, 0.2) is 0 Å². The monoisotopic (exact) mass is 282 g/mol. The molecule has 0 aromatic rings. The number of carbonyl (C=O) groups excluding carboxylic acids is 1. The Morgan fingerprint density at radius 3 is 2.75 bits per heavy atom. The number of hydrogen-bond acceptors (Lipinski definition) is 3. The Balaban J connectivity index is 1.60. The van der Waals surface area contributed by atoms with Crippen LogP contribution in [-0.2, 0) is 9.53 Å². The number of ether oxygens (including phenoxy) is 1. The van der Waals surface area contributed by atoms with Crippen molar-refractivity contribution in [3.05, 3.63) is 0 Å². The van der Waals surface area contributed by atoms with Gasteiger partial charge in [0.15, 0.2) is 0 Å². The summed E-state index contributed by atoms with van der Waals surface area (Å²) >= 11 is 0. The van der Waals surface area contributed by atoms with Gasteiger partial charge in [-0.2, -0.15) is 0 Å². The molecule has 1 saturated carbocycles. The van der Waals surface area contributed by atoms with Gasteiger partial charge in [-0.05, 0) is 31.6 Å². The van der Waals surface area contributed by atoms with Crippen molar-refractivity contribution in [3.8, 4) is 0 Å². The normalized spacial score (nSPS) is 30.9. The summed E-state index contributed by atoms with van der Waals surface area (Å²) in [7, 11) is 0. The maximum absolute atomic E-state index is 12.0. The maximum Gasteiger partial charge on any atom is 0.222 e. The molecule has 1 heterocycles. The average Bonchev–Trinajstić information content (AvgIpc) is 2.47. The van der Waals surface area contributed by atoms with Crippen LogP contribution in [0.1, 0.15) is 58.3 Å². The van der Waals surface area contributed by atoms with Crippen molar-refractivity contribution >= 4 is 5.91 Å². The smallest absolute Gasteiger partial charge is 0.222 e. The van der Waals surface area contributed by atoms with E-state index in [1.54, 1.807) is 0 Å². The Labute approximate surface area is 123 Å². The lowest BCUT2D eigenvalue weighted by Crippen LogP contribution is -2.44. The van der Waals surface area contributed by atoms with Crippen LogP contribution in [0.4, 0.5) is 0 Å². The molecule has 1 unspecified atom stereocenters. The Kier molecular flexibility index (Phi) is 6.80. The van der Waals surface area contributed by atoms with Crippen LogP contribution in [-0.4, -0.2) is 37.7 Å². The molecule has 2 N–H and O–H groups in total. The van der Waals surface area contributed by atoms with E-state index in [9.17, 15) is 4.79 Å². The van der Waals surface area contributed by atoms with Gasteiger partial charge in [-0.15, -0.1) is 0 Å². The third-order valence-electron chi connectivity index (χ3n) is 4.60. The predicted molar refractivity (Wildman–Crippen MR) is 80.6 cm³/mol. The molecule has 0 aromatic carbocycles. The van der Waals surface area contributed by atoms with Crippen LogP contribution in [0.5, 0.6) is 0 Å². The van der Waals surface area contributed by atoms with E-state index in [1.807, 2.05) is 0 Å². The molecule has 0 bridgehead atoms. The van der Waals surface area contributed by atoms with Crippen molar-refractivity contribution in [1.29, 1.82) is 0 Å². The average molecular weight is 282 g/mol. The number of nitrogens with one attached hydrogen (secondary N) is 2. The number of hydrogen-bond donors (Lipinski definition) is 2. The minimum absolute atomic E-state index is 0.0599. The largest absolute Gasteiger partial charge is 0.375 e. The van der Waals surface area contributed by atoms with Crippen molar-refractivity contribution in [2.24, 2.45) is 5.92 Å². The standard InChI is InChI=1S/C16H30N2O2/c1-2-3-4-13-5-7-14(8-6-13)18-16(19)11-15-12-17-9-10-20-15/h13-15,17H,2-12H2,1H3,(H,18,19). The third-order valence-corrected chi connectivity index (χ3v) is 4.60. The third kappa shape index (κ3) is 5.41. The van der Waals surface area contributed by atoms with E-state index in [2.05, 4.69) is 17.6 Å². The highest BCUT2D eigenvalue weighted by Gasteiger charge is 2.23. The van der Waals surface area contributed by atoms with E-state index in [-0.39, 0.29) is 12.0 Å². The second kappa shape index (κ2) is 8.63. The van der Waals surface area contributed by atoms with Crippen LogP contribution >= 0.6 is 0 Å². The van der Waals surface area contributed by atoms with Gasteiger partial charge in [0.1, 0.15) is 0 Å². The topological polar surface area (TPSA) is 50.4 Å². The lowest BCUT2D eigenvalue weighted by Gasteiger charge is -2.30. The Morgan fingerprint density at radius 2 is 2.10 bits per heavy atom. The Hall–Kier alpha value is -0.610. The van der Waals surface area contributed by atoms with Gasteiger partial charge in [0.05, 0.1) is 19.1 Å². The first kappa shape index (κ1) is 15.8. The lowest BCUT2D eigenvalue weighted by atomic mass is 9.83. The summed E-state index contributed by atoms with van der Waals surface area (Å²) in [5.41, 5.74) is 0. The molecule has 0 radical (unpaired) electrons. The molecule has 20 heavy (non-hydrogen) atoms. The van der Waals surface area contributed by atoms with Crippen molar-refractivity contribution in [2.45, 2.75) is 70.4 Å². The van der Waals surface area contributed by atoms with Crippen molar-refractivity contribution in [3.63, 3.8) is 0 Å². The van der Waals surface area contributed by atoms with Gasteiger partial charge in [0, 0.05) is 19.1 Å². The molecule has 2 fully saturated rings. The van der Waals surface area contributed by atoms with Crippen LogP contribution in [0.25, 0.3) is 0 Å². The minimum Gasteiger partial charge on any atom is -0.375 e. The van der Waals surface area contributed by atoms with Gasteiger partial charge in [0.2, 0.25) is 5.91 Å². The van der Waals surface area contributed by atoms with Gasteiger partial charge in [-0.25, -0.2) is 0 Å². The number of carbonyl (C=O) groups is 1. The summed E-state index contributed by atoms with van der Waals surface area (Å²) < 4.78 is 5.58. The molecule has 2 aliphatic rings. The highest BCUT2D eigenvalue weighted by molar-refractivity contribution is 5.76. The minimum atomic E-state index is 0.0599. The molecule has 1 saturated heterocycles. The highest BCUT2D eigenvalue weighted by Crippen LogP contribution is 2.28. The predicted octanol–water partition coefficient (Wildman–Crippen LogP) is 2.23. The summed E-state index contributed by atoms with van der Waals surface area (Å²) in [6.45, 7) is 4.69. The molecule has 0 spiro atoms. The van der Waals surface area contributed by atoms with Crippen molar-refractivity contribution in [1.82, 2.24) is 10.6 Å². The number of rotatable bonds is 6. The van der Waals surface area contributed by atoms with Crippen LogP contribution in [0.2, 0.25) is 0 Å². The summed E-state index contributed by atoms with van der Waals surface area (Å²) in [4.78, 5) is 12.0. The van der Waals surface area contributed by atoms with Crippen molar-refractivity contribution < 1.29 is 9.53 Å². The fourth-order valence-electron chi connectivity index (χ4n) is 3.33.